The quantitative estimate of drug-likeness (QED) is 0.249. The Morgan fingerprint density at radius 3 is 2.35 bits per heavy atom. The van der Waals surface area contributed by atoms with Crippen molar-refractivity contribution in [3.05, 3.63) is 74.9 Å². The number of nitrogens with one attached hydrogen (secondary N) is 1. The number of aliphatic hydroxyl groups excluding tert-OH is 1. The number of nitrogens with zero attached hydrogens (tertiary/aromatic N) is 6. The van der Waals surface area contributed by atoms with E-state index in [4.69, 9.17) is 23.2 Å². The molecule has 40 heavy (non-hydrogen) atoms. The Bertz CT molecular complexity index is 1530. The lowest BCUT2D eigenvalue weighted by Crippen LogP contribution is -2.37. The van der Waals surface area contributed by atoms with Crippen molar-refractivity contribution in [2.24, 2.45) is 5.41 Å². The molecule has 0 saturated heterocycles. The van der Waals surface area contributed by atoms with Gasteiger partial charge in [-0.2, -0.15) is 22.8 Å². The van der Waals surface area contributed by atoms with Crippen LogP contribution in [0.15, 0.2) is 53.3 Å². The largest absolute Gasteiger partial charge is 0.416 e. The number of para-hydroxylation sites is 1. The number of halogens is 6. The van der Waals surface area contributed by atoms with E-state index in [0.717, 1.165) is 9.25 Å². The minimum atomic E-state index is -4.96. The summed E-state index contributed by atoms with van der Waals surface area (Å²) in [6.45, 7) is 1.63. The highest BCUT2D eigenvalue weighted by Gasteiger charge is 2.39. The molecule has 214 valence electrons. The standard InChI is InChI=1S/C25H25Cl2F4N7O2/c1-24(2,13-28)14-32-22-33-20(34-38(22)18-6-4-3-5-17(18)27)12-37-23(40)36(11-19(39)25(29,30)31)21(35-37)15-7-9-16(26)10-8-15/h3-10,19,39H,11-14H2,1-2H3,(H,32,33,34). The van der Waals surface area contributed by atoms with E-state index in [-0.39, 0.29) is 30.7 Å². The van der Waals surface area contributed by atoms with Gasteiger partial charge in [-0.3, -0.25) is 8.96 Å². The van der Waals surface area contributed by atoms with Crippen molar-refractivity contribution in [2.45, 2.75) is 39.2 Å². The van der Waals surface area contributed by atoms with Gasteiger partial charge in [-0.25, -0.2) is 9.48 Å². The van der Waals surface area contributed by atoms with E-state index in [1.54, 1.807) is 38.1 Å². The highest BCUT2D eigenvalue weighted by atomic mass is 35.5. The van der Waals surface area contributed by atoms with E-state index in [0.29, 0.717) is 21.3 Å². The number of hydrogen-bond acceptors (Lipinski definition) is 6. The first-order valence-electron chi connectivity index (χ1n) is 12.0. The maximum absolute atomic E-state index is 13.4. The van der Waals surface area contributed by atoms with E-state index >= 15 is 0 Å². The molecular weight excluding hydrogens is 577 g/mol. The molecule has 9 nitrogen and oxygen atoms in total. The third kappa shape index (κ3) is 6.65. The van der Waals surface area contributed by atoms with Gasteiger partial charge in [0.2, 0.25) is 5.95 Å². The van der Waals surface area contributed by atoms with E-state index < -0.39 is 36.6 Å². The first-order valence-corrected chi connectivity index (χ1v) is 12.7. The lowest BCUT2D eigenvalue weighted by molar-refractivity contribution is -0.207. The summed E-state index contributed by atoms with van der Waals surface area (Å²) in [6.07, 6.45) is -7.76. The van der Waals surface area contributed by atoms with Crippen molar-refractivity contribution >= 4 is 29.2 Å². The topological polar surface area (TPSA) is 103 Å². The van der Waals surface area contributed by atoms with Crippen LogP contribution in [-0.2, 0) is 13.1 Å². The summed E-state index contributed by atoms with van der Waals surface area (Å²) in [5.41, 5.74) is -0.883. The van der Waals surface area contributed by atoms with E-state index in [1.807, 2.05) is 0 Å². The number of aliphatic hydroxyl groups is 1. The molecule has 4 aromatic rings. The molecule has 0 bridgehead atoms. The molecule has 0 spiro atoms. The number of hydrogen-bond donors (Lipinski definition) is 2. The average molecular weight is 602 g/mol. The number of aromatic nitrogens is 6. The molecule has 2 aromatic heterocycles. The molecule has 2 heterocycles. The first kappa shape index (κ1) is 29.6. The van der Waals surface area contributed by atoms with Crippen LogP contribution in [0.2, 0.25) is 10.0 Å². The fourth-order valence-electron chi connectivity index (χ4n) is 3.62. The summed E-state index contributed by atoms with van der Waals surface area (Å²) in [5.74, 6) is 0.173. The average Bonchev–Trinajstić information content (AvgIpc) is 3.44. The lowest BCUT2D eigenvalue weighted by atomic mass is 9.96. The summed E-state index contributed by atoms with van der Waals surface area (Å²) < 4.78 is 55.9. The molecule has 4 rings (SSSR count). The third-order valence-electron chi connectivity index (χ3n) is 5.87. The Labute approximate surface area is 236 Å². The van der Waals surface area contributed by atoms with Gasteiger partial charge in [0.25, 0.3) is 0 Å². The van der Waals surface area contributed by atoms with Gasteiger partial charge in [0.15, 0.2) is 17.8 Å². The maximum Gasteiger partial charge on any atom is 0.416 e. The second-order valence-electron chi connectivity index (χ2n) is 9.80. The monoisotopic (exact) mass is 601 g/mol. The predicted molar refractivity (Wildman–Crippen MR) is 143 cm³/mol. The second kappa shape index (κ2) is 11.6. The number of rotatable bonds is 10. The Hall–Kier alpha value is -3.42. The van der Waals surface area contributed by atoms with Crippen molar-refractivity contribution in [2.75, 3.05) is 18.5 Å². The smallest absolute Gasteiger partial charge is 0.382 e. The molecular formula is C25H25Cl2F4N7O2. The zero-order valence-corrected chi connectivity index (χ0v) is 22.8. The Balaban J connectivity index is 1.76. The van der Waals surface area contributed by atoms with Crippen LogP contribution < -0.4 is 11.0 Å². The zero-order valence-electron chi connectivity index (χ0n) is 21.3. The van der Waals surface area contributed by atoms with Gasteiger partial charge in [0.1, 0.15) is 6.54 Å². The van der Waals surface area contributed by atoms with Crippen LogP contribution in [0.4, 0.5) is 23.5 Å². The van der Waals surface area contributed by atoms with Crippen LogP contribution in [0.1, 0.15) is 19.7 Å². The van der Waals surface area contributed by atoms with Crippen molar-refractivity contribution in [3.8, 4) is 17.1 Å². The molecule has 15 heteroatoms. The van der Waals surface area contributed by atoms with Crippen LogP contribution in [0.5, 0.6) is 0 Å². The molecule has 2 N–H and O–H groups in total. The van der Waals surface area contributed by atoms with Crippen molar-refractivity contribution in [1.82, 2.24) is 29.1 Å². The number of alkyl halides is 4. The van der Waals surface area contributed by atoms with Gasteiger partial charge in [0.05, 0.1) is 23.9 Å². The normalized spacial score (nSPS) is 13.0. The SMILES string of the molecule is CC(C)(CF)CNc1nc(Cn2nc(-c3ccc(Cl)cc3)n(CC(O)C(F)(F)F)c2=O)nn1-c1ccccc1Cl. The Kier molecular flexibility index (Phi) is 8.57. The zero-order chi connectivity index (χ0) is 29.2. The predicted octanol–water partition coefficient (Wildman–Crippen LogP) is 4.98. The minimum absolute atomic E-state index is 0.0752. The van der Waals surface area contributed by atoms with Gasteiger partial charge >= 0.3 is 11.9 Å². The maximum atomic E-state index is 13.4. The van der Waals surface area contributed by atoms with Crippen LogP contribution in [0.25, 0.3) is 17.1 Å². The first-order chi connectivity index (χ1) is 18.8. The van der Waals surface area contributed by atoms with Crippen LogP contribution in [-0.4, -0.2) is 59.7 Å². The van der Waals surface area contributed by atoms with Gasteiger partial charge in [-0.15, -0.1) is 10.2 Å². The molecule has 0 radical (unpaired) electrons. The van der Waals surface area contributed by atoms with Gasteiger partial charge in [-0.05, 0) is 36.4 Å². The number of anilines is 1. The summed E-state index contributed by atoms with van der Waals surface area (Å²) in [5, 5.41) is 22.1. The van der Waals surface area contributed by atoms with Crippen LogP contribution in [0.3, 0.4) is 0 Å². The molecule has 1 unspecified atom stereocenters. The highest BCUT2D eigenvalue weighted by Crippen LogP contribution is 2.26. The van der Waals surface area contributed by atoms with E-state index in [1.165, 1.54) is 28.9 Å². The summed E-state index contributed by atoms with van der Waals surface area (Å²) in [6, 6.07) is 12.8. The summed E-state index contributed by atoms with van der Waals surface area (Å²) >= 11 is 12.3. The third-order valence-corrected chi connectivity index (χ3v) is 6.44. The molecule has 0 aliphatic rings. The number of benzene rings is 2. The summed E-state index contributed by atoms with van der Waals surface area (Å²) in [7, 11) is 0. The van der Waals surface area contributed by atoms with E-state index in [2.05, 4.69) is 20.5 Å². The van der Waals surface area contributed by atoms with Crippen molar-refractivity contribution in [1.29, 1.82) is 0 Å². The fraction of sp³-hybridized carbons (Fsp3) is 0.360. The molecule has 0 aliphatic heterocycles. The molecule has 2 aromatic carbocycles. The van der Waals surface area contributed by atoms with Gasteiger partial charge in [-0.1, -0.05) is 49.2 Å². The molecule has 0 amide bonds. The van der Waals surface area contributed by atoms with Crippen molar-refractivity contribution < 1.29 is 22.7 Å². The second-order valence-corrected chi connectivity index (χ2v) is 10.6. The fourth-order valence-corrected chi connectivity index (χ4v) is 3.97. The van der Waals surface area contributed by atoms with Crippen molar-refractivity contribution in [3.63, 3.8) is 0 Å². The van der Waals surface area contributed by atoms with Gasteiger partial charge in [0, 0.05) is 22.5 Å². The molecule has 1 atom stereocenters. The Morgan fingerprint density at radius 1 is 1.05 bits per heavy atom. The van der Waals surface area contributed by atoms with Gasteiger partial charge < -0.3 is 10.4 Å². The molecule has 0 fully saturated rings. The van der Waals surface area contributed by atoms with Crippen LogP contribution >= 0.6 is 23.2 Å². The van der Waals surface area contributed by atoms with Crippen LogP contribution in [0, 0.1) is 5.41 Å². The summed E-state index contributed by atoms with van der Waals surface area (Å²) in [4.78, 5) is 17.7. The lowest BCUT2D eigenvalue weighted by Gasteiger charge is -2.21. The minimum Gasteiger partial charge on any atom is -0.382 e. The molecule has 0 aliphatic carbocycles. The highest BCUT2D eigenvalue weighted by molar-refractivity contribution is 6.32. The molecule has 0 saturated carbocycles. The van der Waals surface area contributed by atoms with E-state index in [9.17, 15) is 27.5 Å². The Morgan fingerprint density at radius 2 is 1.73 bits per heavy atom.